The van der Waals surface area contributed by atoms with Gasteiger partial charge < -0.3 is 10.3 Å². The zero-order valence-corrected chi connectivity index (χ0v) is 13.3. The van der Waals surface area contributed by atoms with Gasteiger partial charge in [0.15, 0.2) is 0 Å². The van der Waals surface area contributed by atoms with Crippen LogP contribution in [-0.2, 0) is 4.79 Å². The third kappa shape index (κ3) is 3.16. The van der Waals surface area contributed by atoms with E-state index >= 15 is 0 Å². The summed E-state index contributed by atoms with van der Waals surface area (Å²) in [5.74, 6) is 0.662. The fraction of sp³-hybridized carbons (Fsp3) is 0.158. The summed E-state index contributed by atoms with van der Waals surface area (Å²) < 4.78 is 0. The molecule has 3 aromatic rings. The molecule has 0 saturated heterocycles. The van der Waals surface area contributed by atoms with E-state index < -0.39 is 0 Å². The first kappa shape index (κ1) is 15.0. The average Bonchev–Trinajstić information content (AvgIpc) is 2.99. The number of rotatable bonds is 4. The molecule has 1 amide bonds. The van der Waals surface area contributed by atoms with E-state index in [9.17, 15) is 4.79 Å². The molecule has 0 fully saturated rings. The fourth-order valence-corrected chi connectivity index (χ4v) is 2.50. The molecule has 0 atom stereocenters. The van der Waals surface area contributed by atoms with Crippen molar-refractivity contribution in [2.24, 2.45) is 0 Å². The number of amides is 1. The van der Waals surface area contributed by atoms with Crippen LogP contribution in [0.25, 0.3) is 22.4 Å². The van der Waals surface area contributed by atoms with Crippen molar-refractivity contribution in [3.8, 4) is 11.4 Å². The number of para-hydroxylation sites is 3. The summed E-state index contributed by atoms with van der Waals surface area (Å²) in [4.78, 5) is 20.2. The Kier molecular flexibility index (Phi) is 4.24. The van der Waals surface area contributed by atoms with Crippen molar-refractivity contribution in [3.05, 3.63) is 60.2 Å². The number of hydrogen-bond donors (Lipinski definition) is 2. The number of imidazole rings is 1. The number of anilines is 1. The Bertz CT molecular complexity index is 844. The minimum Gasteiger partial charge on any atom is -0.338 e. The van der Waals surface area contributed by atoms with Crippen molar-refractivity contribution in [1.82, 2.24) is 9.97 Å². The lowest BCUT2D eigenvalue weighted by molar-refractivity contribution is -0.112. The van der Waals surface area contributed by atoms with Gasteiger partial charge >= 0.3 is 0 Å². The Morgan fingerprint density at radius 2 is 1.91 bits per heavy atom. The second-order valence-corrected chi connectivity index (χ2v) is 5.40. The number of benzene rings is 2. The molecule has 0 aliphatic carbocycles. The molecular formula is C19H19N3O. The molecular weight excluding hydrogens is 286 g/mol. The second kappa shape index (κ2) is 6.48. The van der Waals surface area contributed by atoms with Crippen LogP contribution in [0.3, 0.4) is 0 Å². The first-order valence-corrected chi connectivity index (χ1v) is 7.71. The SMILES string of the molecule is CC/C=C(/C)C(=O)Nc1ccccc1-c1nc2ccccc2[nH]1. The van der Waals surface area contributed by atoms with E-state index in [4.69, 9.17) is 0 Å². The van der Waals surface area contributed by atoms with Crippen molar-refractivity contribution in [2.45, 2.75) is 20.3 Å². The lowest BCUT2D eigenvalue weighted by Gasteiger charge is -2.09. The summed E-state index contributed by atoms with van der Waals surface area (Å²) in [5.41, 5.74) is 4.23. The Morgan fingerprint density at radius 1 is 1.17 bits per heavy atom. The Labute approximate surface area is 135 Å². The molecule has 1 aromatic heterocycles. The minimum atomic E-state index is -0.0876. The van der Waals surface area contributed by atoms with E-state index in [2.05, 4.69) is 15.3 Å². The van der Waals surface area contributed by atoms with Gasteiger partial charge in [-0.1, -0.05) is 37.3 Å². The number of carbonyl (C=O) groups excluding carboxylic acids is 1. The number of nitrogens with zero attached hydrogens (tertiary/aromatic N) is 1. The Morgan fingerprint density at radius 3 is 2.70 bits per heavy atom. The smallest absolute Gasteiger partial charge is 0.250 e. The summed E-state index contributed by atoms with van der Waals surface area (Å²) in [7, 11) is 0. The molecule has 0 aliphatic rings. The van der Waals surface area contributed by atoms with Gasteiger partial charge in [-0.2, -0.15) is 0 Å². The third-order valence-electron chi connectivity index (χ3n) is 3.69. The topological polar surface area (TPSA) is 57.8 Å². The van der Waals surface area contributed by atoms with Crippen LogP contribution >= 0.6 is 0 Å². The lowest BCUT2D eigenvalue weighted by atomic mass is 10.1. The van der Waals surface area contributed by atoms with Crippen LogP contribution in [0.2, 0.25) is 0 Å². The first-order chi connectivity index (χ1) is 11.2. The number of fused-ring (bicyclic) bond motifs is 1. The summed E-state index contributed by atoms with van der Waals surface area (Å²) in [6, 6.07) is 15.6. The van der Waals surface area contributed by atoms with Gasteiger partial charge in [0.1, 0.15) is 5.82 Å². The molecule has 2 aromatic carbocycles. The molecule has 0 saturated carbocycles. The molecule has 1 heterocycles. The Hall–Kier alpha value is -2.88. The van der Waals surface area contributed by atoms with Crippen molar-refractivity contribution in [2.75, 3.05) is 5.32 Å². The quantitative estimate of drug-likeness (QED) is 0.696. The summed E-state index contributed by atoms with van der Waals surface area (Å²) in [5, 5.41) is 2.97. The molecule has 0 spiro atoms. The van der Waals surface area contributed by atoms with Gasteiger partial charge in [-0.05, 0) is 37.6 Å². The van der Waals surface area contributed by atoms with E-state index in [0.717, 1.165) is 34.5 Å². The number of nitrogens with one attached hydrogen (secondary N) is 2. The van der Waals surface area contributed by atoms with Gasteiger partial charge in [-0.25, -0.2) is 4.98 Å². The molecule has 0 aliphatic heterocycles. The maximum Gasteiger partial charge on any atom is 0.250 e. The highest BCUT2D eigenvalue weighted by Crippen LogP contribution is 2.27. The molecule has 23 heavy (non-hydrogen) atoms. The fourth-order valence-electron chi connectivity index (χ4n) is 2.50. The number of H-pyrrole nitrogens is 1. The van der Waals surface area contributed by atoms with Gasteiger partial charge in [-0.15, -0.1) is 0 Å². The monoisotopic (exact) mass is 305 g/mol. The van der Waals surface area contributed by atoms with E-state index in [-0.39, 0.29) is 5.91 Å². The number of aromatic nitrogens is 2. The molecule has 2 N–H and O–H groups in total. The van der Waals surface area contributed by atoms with Crippen LogP contribution in [0.5, 0.6) is 0 Å². The van der Waals surface area contributed by atoms with E-state index in [0.29, 0.717) is 5.57 Å². The zero-order chi connectivity index (χ0) is 16.2. The maximum atomic E-state index is 12.2. The van der Waals surface area contributed by atoms with E-state index in [1.165, 1.54) is 0 Å². The van der Waals surface area contributed by atoms with Crippen molar-refractivity contribution >= 4 is 22.6 Å². The van der Waals surface area contributed by atoms with Gasteiger partial charge in [0, 0.05) is 11.1 Å². The van der Waals surface area contributed by atoms with Crippen LogP contribution in [0, 0.1) is 0 Å². The molecule has 0 bridgehead atoms. The van der Waals surface area contributed by atoms with Crippen molar-refractivity contribution in [3.63, 3.8) is 0 Å². The van der Waals surface area contributed by atoms with Crippen LogP contribution < -0.4 is 5.32 Å². The lowest BCUT2D eigenvalue weighted by Crippen LogP contribution is -2.13. The second-order valence-electron chi connectivity index (χ2n) is 5.40. The largest absolute Gasteiger partial charge is 0.338 e. The molecule has 0 unspecified atom stereocenters. The third-order valence-corrected chi connectivity index (χ3v) is 3.69. The van der Waals surface area contributed by atoms with Gasteiger partial charge in [-0.3, -0.25) is 4.79 Å². The molecule has 0 radical (unpaired) electrons. The van der Waals surface area contributed by atoms with Crippen LogP contribution in [0.4, 0.5) is 5.69 Å². The molecule has 116 valence electrons. The average molecular weight is 305 g/mol. The Balaban J connectivity index is 1.97. The standard InChI is InChI=1S/C19H19N3O/c1-3-8-13(2)19(23)22-15-10-5-4-9-14(15)18-20-16-11-6-7-12-17(16)21-18/h4-12H,3H2,1-2H3,(H,20,21)(H,22,23)/b13-8-. The summed E-state index contributed by atoms with van der Waals surface area (Å²) in [6.45, 7) is 3.84. The maximum absolute atomic E-state index is 12.2. The van der Waals surface area contributed by atoms with Gasteiger partial charge in [0.25, 0.3) is 5.91 Å². The van der Waals surface area contributed by atoms with Crippen molar-refractivity contribution in [1.29, 1.82) is 0 Å². The van der Waals surface area contributed by atoms with Gasteiger partial charge in [0.2, 0.25) is 0 Å². The minimum absolute atomic E-state index is 0.0876. The van der Waals surface area contributed by atoms with E-state index in [1.807, 2.05) is 68.5 Å². The zero-order valence-electron chi connectivity index (χ0n) is 13.3. The van der Waals surface area contributed by atoms with E-state index in [1.54, 1.807) is 0 Å². The number of hydrogen-bond acceptors (Lipinski definition) is 2. The predicted molar refractivity (Wildman–Crippen MR) is 94.2 cm³/mol. The first-order valence-electron chi connectivity index (χ1n) is 7.71. The van der Waals surface area contributed by atoms with Crippen LogP contribution in [0.1, 0.15) is 20.3 Å². The van der Waals surface area contributed by atoms with Gasteiger partial charge in [0.05, 0.1) is 16.7 Å². The van der Waals surface area contributed by atoms with Crippen LogP contribution in [0.15, 0.2) is 60.2 Å². The number of allylic oxidation sites excluding steroid dienone is 1. The summed E-state index contributed by atoms with van der Waals surface area (Å²) in [6.07, 6.45) is 2.75. The highest BCUT2D eigenvalue weighted by molar-refractivity contribution is 6.05. The van der Waals surface area contributed by atoms with Crippen molar-refractivity contribution < 1.29 is 4.79 Å². The number of aromatic amines is 1. The molecule has 4 nitrogen and oxygen atoms in total. The summed E-state index contributed by atoms with van der Waals surface area (Å²) >= 11 is 0. The highest BCUT2D eigenvalue weighted by atomic mass is 16.1. The normalized spacial score (nSPS) is 11.7. The molecule has 4 heteroatoms. The predicted octanol–water partition coefficient (Wildman–Crippen LogP) is 4.52. The van der Waals surface area contributed by atoms with Crippen LogP contribution in [-0.4, -0.2) is 15.9 Å². The molecule has 3 rings (SSSR count). The highest BCUT2D eigenvalue weighted by Gasteiger charge is 2.12. The number of carbonyl (C=O) groups is 1.